The highest BCUT2D eigenvalue weighted by molar-refractivity contribution is 9.11. The zero-order valence-corrected chi connectivity index (χ0v) is 13.0. The first-order valence-electron chi connectivity index (χ1n) is 5.48. The summed E-state index contributed by atoms with van der Waals surface area (Å²) in [5, 5.41) is 3.06. The summed E-state index contributed by atoms with van der Waals surface area (Å²) in [6.45, 7) is 1.20. The average Bonchev–Trinajstić information content (AvgIpc) is 2.76. The van der Waals surface area contributed by atoms with Crippen molar-refractivity contribution in [3.63, 3.8) is 0 Å². The molecule has 0 aliphatic heterocycles. The smallest absolute Gasteiger partial charge is 0.134 e. The third kappa shape index (κ3) is 3.37. The fourth-order valence-electron chi connectivity index (χ4n) is 1.56. The van der Waals surface area contributed by atoms with Crippen molar-refractivity contribution in [1.82, 2.24) is 5.32 Å². The molecular weight excluding hydrogens is 362 g/mol. The van der Waals surface area contributed by atoms with Crippen LogP contribution < -0.4 is 10.1 Å². The maximum absolute atomic E-state index is 5.77. The molecule has 18 heavy (non-hydrogen) atoms. The Hall–Kier alpha value is -0.780. The van der Waals surface area contributed by atoms with E-state index in [1.54, 1.807) is 6.26 Å². The lowest BCUT2D eigenvalue weighted by Crippen LogP contribution is -2.07. The van der Waals surface area contributed by atoms with Crippen molar-refractivity contribution in [2.75, 3.05) is 7.05 Å². The number of nitrogens with one attached hydrogen (secondary N) is 1. The van der Waals surface area contributed by atoms with E-state index >= 15 is 0 Å². The topological polar surface area (TPSA) is 34.4 Å². The highest BCUT2D eigenvalue weighted by Crippen LogP contribution is 2.29. The summed E-state index contributed by atoms with van der Waals surface area (Å²) in [5.74, 6) is 1.72. The third-order valence-corrected chi connectivity index (χ3v) is 3.57. The molecule has 0 unspecified atom stereocenters. The highest BCUT2D eigenvalue weighted by Gasteiger charge is 2.07. The van der Waals surface area contributed by atoms with Crippen molar-refractivity contribution in [1.29, 1.82) is 0 Å². The third-order valence-electron chi connectivity index (χ3n) is 2.45. The Morgan fingerprint density at radius 1 is 1.28 bits per heavy atom. The number of furan rings is 1. The van der Waals surface area contributed by atoms with Crippen molar-refractivity contribution in [3.05, 3.63) is 50.8 Å². The lowest BCUT2D eigenvalue weighted by atomic mass is 10.2. The number of hydrogen-bond acceptors (Lipinski definition) is 3. The molecule has 0 saturated heterocycles. The van der Waals surface area contributed by atoms with Gasteiger partial charge < -0.3 is 14.5 Å². The van der Waals surface area contributed by atoms with E-state index in [0.717, 1.165) is 26.0 Å². The number of halogens is 2. The maximum Gasteiger partial charge on any atom is 0.134 e. The van der Waals surface area contributed by atoms with Gasteiger partial charge in [-0.3, -0.25) is 0 Å². The summed E-state index contributed by atoms with van der Waals surface area (Å²) < 4.78 is 13.1. The zero-order chi connectivity index (χ0) is 13.0. The van der Waals surface area contributed by atoms with Crippen LogP contribution in [0, 0.1) is 0 Å². The minimum absolute atomic E-state index is 0.494. The van der Waals surface area contributed by atoms with Gasteiger partial charge in [-0.1, -0.05) is 15.9 Å². The van der Waals surface area contributed by atoms with Crippen LogP contribution in [0.25, 0.3) is 0 Å². The second-order valence-electron chi connectivity index (χ2n) is 3.76. The molecule has 1 heterocycles. The van der Waals surface area contributed by atoms with Gasteiger partial charge in [-0.15, -0.1) is 0 Å². The quantitative estimate of drug-likeness (QED) is 0.855. The Bertz CT molecular complexity index is 525. The molecule has 2 aromatic rings. The summed E-state index contributed by atoms with van der Waals surface area (Å²) in [4.78, 5) is 0. The summed E-state index contributed by atoms with van der Waals surface area (Å²) in [7, 11) is 1.89. The van der Waals surface area contributed by atoms with E-state index in [2.05, 4.69) is 37.2 Å². The van der Waals surface area contributed by atoms with Crippen molar-refractivity contribution >= 4 is 31.9 Å². The average molecular weight is 375 g/mol. The lowest BCUT2D eigenvalue weighted by molar-refractivity contribution is 0.299. The van der Waals surface area contributed by atoms with Crippen molar-refractivity contribution < 1.29 is 9.15 Å². The van der Waals surface area contributed by atoms with Crippen LogP contribution in [0.5, 0.6) is 5.75 Å². The van der Waals surface area contributed by atoms with Crippen molar-refractivity contribution in [3.8, 4) is 5.75 Å². The van der Waals surface area contributed by atoms with Gasteiger partial charge in [-0.05, 0) is 47.2 Å². The molecule has 0 bridgehead atoms. The molecule has 96 valence electrons. The number of rotatable bonds is 5. The lowest BCUT2D eigenvalue weighted by Gasteiger charge is -2.08. The maximum atomic E-state index is 5.77. The van der Waals surface area contributed by atoms with Crippen LogP contribution in [0.4, 0.5) is 0 Å². The predicted octanol–water partition coefficient (Wildman–Crippen LogP) is 4.10. The van der Waals surface area contributed by atoms with Gasteiger partial charge in [0.15, 0.2) is 0 Å². The van der Waals surface area contributed by atoms with Gasteiger partial charge in [-0.2, -0.15) is 0 Å². The summed E-state index contributed by atoms with van der Waals surface area (Å²) in [5.41, 5.74) is 1.05. The van der Waals surface area contributed by atoms with E-state index < -0.39 is 0 Å². The number of hydrogen-bond donors (Lipinski definition) is 1. The van der Waals surface area contributed by atoms with E-state index in [1.807, 2.05) is 31.3 Å². The van der Waals surface area contributed by atoms with E-state index in [1.165, 1.54) is 0 Å². The van der Waals surface area contributed by atoms with Crippen LogP contribution in [0.15, 0.2) is 43.9 Å². The molecule has 0 amide bonds. The van der Waals surface area contributed by atoms with Gasteiger partial charge >= 0.3 is 0 Å². The second-order valence-corrected chi connectivity index (χ2v) is 5.53. The molecule has 0 aliphatic rings. The normalized spacial score (nSPS) is 10.6. The molecule has 1 aromatic heterocycles. The fourth-order valence-corrected chi connectivity index (χ4v) is 2.72. The summed E-state index contributed by atoms with van der Waals surface area (Å²) >= 11 is 6.88. The van der Waals surface area contributed by atoms with E-state index in [4.69, 9.17) is 9.15 Å². The van der Waals surface area contributed by atoms with Gasteiger partial charge in [-0.25, -0.2) is 0 Å². The SMILES string of the molecule is CNCc1occc1COc1ccc(Br)cc1Br. The van der Waals surface area contributed by atoms with Crippen LogP contribution in [0.2, 0.25) is 0 Å². The van der Waals surface area contributed by atoms with Crippen LogP contribution in [0.1, 0.15) is 11.3 Å². The summed E-state index contributed by atoms with van der Waals surface area (Å²) in [6, 6.07) is 7.76. The Kier molecular flexibility index (Phi) is 4.86. The largest absolute Gasteiger partial charge is 0.488 e. The first-order chi connectivity index (χ1) is 8.70. The molecule has 0 fully saturated rings. The number of benzene rings is 1. The molecule has 1 N–H and O–H groups in total. The standard InChI is InChI=1S/C13H13Br2NO2/c1-16-7-13-9(4-5-17-13)8-18-12-3-2-10(14)6-11(12)15/h2-6,16H,7-8H2,1H3. The van der Waals surface area contributed by atoms with Gasteiger partial charge in [0.25, 0.3) is 0 Å². The highest BCUT2D eigenvalue weighted by atomic mass is 79.9. The second kappa shape index (κ2) is 6.41. The van der Waals surface area contributed by atoms with Crippen LogP contribution in [-0.2, 0) is 13.2 Å². The molecular formula is C13H13Br2NO2. The van der Waals surface area contributed by atoms with Crippen molar-refractivity contribution in [2.45, 2.75) is 13.2 Å². The first kappa shape index (κ1) is 13.6. The molecule has 3 nitrogen and oxygen atoms in total. The Balaban J connectivity index is 2.04. The van der Waals surface area contributed by atoms with Gasteiger partial charge in [0, 0.05) is 10.0 Å². The van der Waals surface area contributed by atoms with Crippen molar-refractivity contribution in [2.24, 2.45) is 0 Å². The predicted molar refractivity (Wildman–Crippen MR) is 77.6 cm³/mol. The minimum atomic E-state index is 0.494. The van der Waals surface area contributed by atoms with E-state index in [9.17, 15) is 0 Å². The molecule has 0 saturated carbocycles. The van der Waals surface area contributed by atoms with E-state index in [0.29, 0.717) is 13.2 Å². The summed E-state index contributed by atoms with van der Waals surface area (Å²) in [6.07, 6.45) is 1.68. The Morgan fingerprint density at radius 2 is 2.11 bits per heavy atom. The molecule has 0 aliphatic carbocycles. The minimum Gasteiger partial charge on any atom is -0.488 e. The molecule has 2 rings (SSSR count). The van der Waals surface area contributed by atoms with Crippen LogP contribution in [-0.4, -0.2) is 7.05 Å². The van der Waals surface area contributed by atoms with E-state index in [-0.39, 0.29) is 0 Å². The molecule has 5 heteroatoms. The fraction of sp³-hybridized carbons (Fsp3) is 0.231. The first-order valence-corrected chi connectivity index (χ1v) is 7.07. The van der Waals surface area contributed by atoms with Crippen LogP contribution in [0.3, 0.4) is 0 Å². The van der Waals surface area contributed by atoms with Gasteiger partial charge in [0.05, 0.1) is 17.3 Å². The molecule has 0 radical (unpaired) electrons. The Labute approximate surface area is 123 Å². The Morgan fingerprint density at radius 3 is 2.83 bits per heavy atom. The monoisotopic (exact) mass is 373 g/mol. The van der Waals surface area contributed by atoms with Gasteiger partial charge in [0.1, 0.15) is 18.1 Å². The molecule has 1 aromatic carbocycles. The zero-order valence-electron chi connectivity index (χ0n) is 9.87. The molecule has 0 spiro atoms. The van der Waals surface area contributed by atoms with Crippen LogP contribution >= 0.6 is 31.9 Å². The number of ether oxygens (including phenoxy) is 1. The molecule has 0 atom stereocenters. The van der Waals surface area contributed by atoms with Gasteiger partial charge in [0.2, 0.25) is 0 Å².